The lowest BCUT2D eigenvalue weighted by Crippen LogP contribution is -1.76. The highest BCUT2D eigenvalue weighted by Gasteiger charge is 1.92. The van der Waals surface area contributed by atoms with Gasteiger partial charge < -0.3 is 9.42 Å². The van der Waals surface area contributed by atoms with E-state index in [1.807, 2.05) is 0 Å². The van der Waals surface area contributed by atoms with Crippen molar-refractivity contribution in [2.24, 2.45) is 0 Å². The van der Waals surface area contributed by atoms with E-state index in [4.69, 9.17) is 16.1 Å². The minimum atomic E-state index is -1.71. The number of hydrogen-bond donors (Lipinski definition) is 1. The van der Waals surface area contributed by atoms with Crippen molar-refractivity contribution in [3.8, 4) is 0 Å². The van der Waals surface area contributed by atoms with Gasteiger partial charge in [-0.2, -0.15) is 0 Å². The first kappa shape index (κ1) is 7.38. The molecule has 0 saturated carbocycles. The highest BCUT2D eigenvalue weighted by Crippen LogP contribution is 2.36. The first-order valence-electron chi connectivity index (χ1n) is 1.66. The predicted octanol–water partition coefficient (Wildman–Crippen LogP) is 1.65. The first-order valence-corrected chi connectivity index (χ1v) is 3.77. The molecule has 0 amide bonds. The molecule has 42 valence electrons. The van der Waals surface area contributed by atoms with E-state index in [0.29, 0.717) is 6.61 Å². The molecule has 4 heteroatoms. The van der Waals surface area contributed by atoms with Crippen molar-refractivity contribution in [3.63, 3.8) is 0 Å². The summed E-state index contributed by atoms with van der Waals surface area (Å²) < 4.78 is 4.46. The Morgan fingerprint density at radius 3 is 2.71 bits per heavy atom. The van der Waals surface area contributed by atoms with Crippen LogP contribution in [0.4, 0.5) is 0 Å². The van der Waals surface area contributed by atoms with Crippen LogP contribution in [0.15, 0.2) is 12.7 Å². The van der Waals surface area contributed by atoms with Gasteiger partial charge in [-0.3, -0.25) is 0 Å². The van der Waals surface area contributed by atoms with Crippen LogP contribution in [0.5, 0.6) is 0 Å². The normalized spacial score (nSPS) is 13.4. The van der Waals surface area contributed by atoms with Crippen LogP contribution in [0.25, 0.3) is 0 Å². The molecule has 0 rings (SSSR count). The average Bonchev–Trinajstić information content (AvgIpc) is 1.61. The molecule has 1 unspecified atom stereocenters. The van der Waals surface area contributed by atoms with Gasteiger partial charge in [-0.25, -0.2) is 0 Å². The summed E-state index contributed by atoms with van der Waals surface area (Å²) >= 11 is 5.01. The molecular weight excluding hydrogens is 134 g/mol. The standard InChI is InChI=1S/C3H6ClO2P/c1-2-3-6-7(4)5/h2,5H,1,3H2. The van der Waals surface area contributed by atoms with Gasteiger partial charge in [0.15, 0.2) is 0 Å². The van der Waals surface area contributed by atoms with Crippen LogP contribution in [-0.2, 0) is 4.52 Å². The molecule has 0 heterocycles. The molecule has 0 radical (unpaired) electrons. The summed E-state index contributed by atoms with van der Waals surface area (Å²) in [4.78, 5) is 8.24. The van der Waals surface area contributed by atoms with Crippen LogP contribution < -0.4 is 0 Å². The fourth-order valence-electron chi connectivity index (χ4n) is 0.114. The maximum atomic E-state index is 8.24. The van der Waals surface area contributed by atoms with Crippen molar-refractivity contribution in [2.45, 2.75) is 0 Å². The summed E-state index contributed by atoms with van der Waals surface area (Å²) in [7, 11) is -1.71. The second-order valence-corrected chi connectivity index (χ2v) is 2.39. The second-order valence-electron chi connectivity index (χ2n) is 0.811. The van der Waals surface area contributed by atoms with Crippen molar-refractivity contribution in [3.05, 3.63) is 12.7 Å². The van der Waals surface area contributed by atoms with E-state index in [2.05, 4.69) is 11.1 Å². The molecule has 7 heavy (non-hydrogen) atoms. The van der Waals surface area contributed by atoms with Crippen LogP contribution in [0.1, 0.15) is 0 Å². The first-order chi connectivity index (χ1) is 3.27. The maximum Gasteiger partial charge on any atom is 0.274 e. The lowest BCUT2D eigenvalue weighted by molar-refractivity contribution is 0.362. The van der Waals surface area contributed by atoms with E-state index in [1.54, 1.807) is 0 Å². The Hall–Kier alpha value is 0.380. The van der Waals surface area contributed by atoms with E-state index >= 15 is 0 Å². The Balaban J connectivity index is 2.81. The van der Waals surface area contributed by atoms with Gasteiger partial charge >= 0.3 is 0 Å². The summed E-state index contributed by atoms with van der Waals surface area (Å²) in [6, 6.07) is 0. The molecular formula is C3H6ClO2P. The van der Waals surface area contributed by atoms with Gasteiger partial charge in [0.1, 0.15) is 0 Å². The minimum absolute atomic E-state index is 0.311. The van der Waals surface area contributed by atoms with Gasteiger partial charge in [0.05, 0.1) is 6.61 Å². The van der Waals surface area contributed by atoms with Gasteiger partial charge in [-0.1, -0.05) is 6.08 Å². The average molecular weight is 141 g/mol. The molecule has 0 saturated heterocycles. The Morgan fingerprint density at radius 2 is 2.57 bits per heavy atom. The molecule has 1 N–H and O–H groups in total. The number of hydrogen-bond acceptors (Lipinski definition) is 2. The predicted molar refractivity (Wildman–Crippen MR) is 31.1 cm³/mol. The molecule has 0 aliphatic rings. The summed E-state index contributed by atoms with van der Waals surface area (Å²) in [6.07, 6.45) is 1.52. The zero-order valence-corrected chi connectivity index (χ0v) is 5.32. The molecule has 0 aromatic rings. The van der Waals surface area contributed by atoms with Gasteiger partial charge in [0.2, 0.25) is 0 Å². The fraction of sp³-hybridized carbons (Fsp3) is 0.333. The van der Waals surface area contributed by atoms with Crippen LogP contribution in [0, 0.1) is 0 Å². The summed E-state index contributed by atoms with van der Waals surface area (Å²) in [5, 5.41) is 0. The van der Waals surface area contributed by atoms with E-state index in [0.717, 1.165) is 0 Å². The zero-order valence-electron chi connectivity index (χ0n) is 3.67. The lowest BCUT2D eigenvalue weighted by Gasteiger charge is -1.95. The number of halogens is 1. The highest BCUT2D eigenvalue weighted by molar-refractivity contribution is 7.75. The smallest absolute Gasteiger partial charge is 0.274 e. The van der Waals surface area contributed by atoms with Crippen molar-refractivity contribution < 1.29 is 9.42 Å². The van der Waals surface area contributed by atoms with E-state index in [1.165, 1.54) is 6.08 Å². The van der Waals surface area contributed by atoms with Crippen molar-refractivity contribution in [1.29, 1.82) is 0 Å². The topological polar surface area (TPSA) is 29.5 Å². The zero-order chi connectivity index (χ0) is 5.70. The van der Waals surface area contributed by atoms with E-state index in [9.17, 15) is 0 Å². The molecule has 1 atom stereocenters. The van der Waals surface area contributed by atoms with E-state index in [-0.39, 0.29) is 0 Å². The van der Waals surface area contributed by atoms with E-state index < -0.39 is 7.73 Å². The molecule has 0 fully saturated rings. The monoisotopic (exact) mass is 140 g/mol. The van der Waals surface area contributed by atoms with Crippen LogP contribution in [0.3, 0.4) is 0 Å². The summed E-state index contributed by atoms with van der Waals surface area (Å²) in [5.74, 6) is 0. The highest BCUT2D eigenvalue weighted by atomic mass is 35.7. The lowest BCUT2D eigenvalue weighted by atomic mass is 10.7. The molecule has 0 aliphatic carbocycles. The molecule has 0 aliphatic heterocycles. The largest absolute Gasteiger partial charge is 0.338 e. The third kappa shape index (κ3) is 6.38. The number of rotatable bonds is 3. The van der Waals surface area contributed by atoms with Crippen LogP contribution in [0.2, 0.25) is 0 Å². The van der Waals surface area contributed by atoms with Gasteiger partial charge in [-0.15, -0.1) is 6.58 Å². The summed E-state index contributed by atoms with van der Waals surface area (Å²) in [6.45, 7) is 3.66. The minimum Gasteiger partial charge on any atom is -0.338 e. The third-order valence-corrected chi connectivity index (χ3v) is 0.954. The molecule has 0 aromatic heterocycles. The second kappa shape index (κ2) is 4.54. The quantitative estimate of drug-likeness (QED) is 0.477. The van der Waals surface area contributed by atoms with Gasteiger partial charge in [0, 0.05) is 0 Å². The summed E-state index contributed by atoms with van der Waals surface area (Å²) in [5.41, 5.74) is 0. The fourth-order valence-corrected chi connectivity index (χ4v) is 0.512. The third-order valence-electron chi connectivity index (χ3n) is 0.299. The van der Waals surface area contributed by atoms with Crippen molar-refractivity contribution >= 4 is 19.0 Å². The van der Waals surface area contributed by atoms with Crippen LogP contribution in [-0.4, -0.2) is 11.5 Å². The Labute approximate surface area is 48.5 Å². The van der Waals surface area contributed by atoms with Crippen molar-refractivity contribution in [1.82, 2.24) is 0 Å². The molecule has 0 spiro atoms. The maximum absolute atomic E-state index is 8.24. The van der Waals surface area contributed by atoms with Gasteiger partial charge in [0.25, 0.3) is 7.73 Å². The van der Waals surface area contributed by atoms with Crippen molar-refractivity contribution in [2.75, 3.05) is 6.61 Å². The van der Waals surface area contributed by atoms with Gasteiger partial charge in [-0.05, 0) is 11.2 Å². The molecule has 2 nitrogen and oxygen atoms in total. The Bertz CT molecular complexity index is 56.9. The van der Waals surface area contributed by atoms with Crippen LogP contribution >= 0.6 is 19.0 Å². The Kier molecular flexibility index (Phi) is 4.78. The SMILES string of the molecule is C=CCOP(O)Cl. The Morgan fingerprint density at radius 1 is 2.00 bits per heavy atom. The molecule has 0 bridgehead atoms. The molecule has 0 aromatic carbocycles.